The molecule has 0 N–H and O–H groups in total. The van der Waals surface area contributed by atoms with E-state index in [9.17, 15) is 22.8 Å². The van der Waals surface area contributed by atoms with E-state index in [4.69, 9.17) is 9.47 Å². The molecule has 704 valence electrons. The second-order valence-electron chi connectivity index (χ2n) is 33.2. The number of hydrogen-bond acceptors (Lipinski definition) is 8. The Hall–Kier alpha value is -13.6. The van der Waals surface area contributed by atoms with E-state index in [1.807, 2.05) is 145 Å². The summed E-state index contributed by atoms with van der Waals surface area (Å²) in [5.41, 5.74) is 6.47. The van der Waals surface area contributed by atoms with Gasteiger partial charge in [-0.1, -0.05) is 235 Å². The lowest BCUT2D eigenvalue weighted by Crippen LogP contribution is -2.06. The van der Waals surface area contributed by atoms with Crippen LogP contribution in [-0.4, -0.2) is 11.6 Å². The van der Waals surface area contributed by atoms with E-state index >= 15 is 0 Å². The van der Waals surface area contributed by atoms with Gasteiger partial charge in [0.1, 0.15) is 23.0 Å². The third-order valence-electron chi connectivity index (χ3n) is 23.0. The fourth-order valence-electron chi connectivity index (χ4n) is 15.9. The summed E-state index contributed by atoms with van der Waals surface area (Å²) in [6.45, 7) is 12.1. The molecule has 0 bridgehead atoms. The molecule has 20 aromatic rings. The van der Waals surface area contributed by atoms with Crippen molar-refractivity contribution in [1.82, 2.24) is 0 Å². The van der Waals surface area contributed by atoms with E-state index in [1.54, 1.807) is 25.1 Å². The molecule has 0 radical (unpaired) electrons. The molecule has 0 atom stereocenters. The summed E-state index contributed by atoms with van der Waals surface area (Å²) in [6.07, 6.45) is -4.37. The van der Waals surface area contributed by atoms with E-state index in [1.165, 1.54) is 123 Å². The van der Waals surface area contributed by atoms with Gasteiger partial charge in [-0.15, -0.1) is 11.3 Å². The number of Topliss-reactive ketones (excluding diaryl/α,β-unsaturated/α-hetero) is 1. The molecular weight excluding hydrogens is 1930 g/mol. The standard InChI is InChI=1S/C44H36S4.C30H23O2S2.C27H23O2S.C26H20F3S2/c1-33-31-41(47(37-15-7-3-8-16-37)38-17-9-4-10-18-38)27-29-43(33)45-35-23-25-36(26-24-35)46-44-30-28-42(32-34(44)2)48(39-19-11-5-12-20-39)40-21-13-6-14-22-40;1-22-21-27(34(25-9-4-2-5-10-25)26-11-6-3-7-12-26)18-19-28(22)32-24-16-14-23(15-17-24)30(31)29-13-8-20-33-29;1-20-19-26(17-18-27(20)29-23-15-13-22(14-16-23)21(2)28)30(24-9-5-3-6-10-24)25-11-7-4-8-12-25;1-19-18-22(31(20-10-4-2-5-11-20)21-12-6-3-7-13-21)16-17-24(19)30-25-15-9-8-14-23(25)26(27,28)29/h3-32H,1-2H3;2-21H,1H3;3-19H,1-2H3;2-18H,1H3/q+2;3*+1. The molecule has 0 unspecified atom stereocenters. The van der Waals surface area contributed by atoms with Crippen molar-refractivity contribution in [3.63, 3.8) is 0 Å². The number of aryl methyl sites for hydroxylation is 5. The third kappa shape index (κ3) is 26.7. The Morgan fingerprint density at radius 3 is 0.748 bits per heavy atom. The van der Waals surface area contributed by atoms with Crippen LogP contribution in [0.4, 0.5) is 13.2 Å². The maximum atomic E-state index is 13.4. The van der Waals surface area contributed by atoms with Gasteiger partial charge in [0.25, 0.3) is 0 Å². The zero-order valence-electron chi connectivity index (χ0n) is 79.4. The Bertz CT molecular complexity index is 7190. The SMILES string of the molecule is CC(=O)c1ccc(Oc2ccc([S+](c3ccccc3)c3ccccc3)cc2C)cc1.Cc1cc([S+](c2ccccc2)c2ccccc2)ccc1Oc1ccc(C(=O)c2cccs2)cc1.Cc1cc([S+](c2ccccc2)c2ccccc2)ccc1Sc1ccc(Sc2ccc([S+](c3ccccc3)c3ccccc3)cc2C)cc1.Cc1cc([S+](c2ccccc2)c2ccccc2)ccc1Sc1ccccc1C(F)(F)F. The highest BCUT2D eigenvalue weighted by atomic mass is 32.2. The van der Waals surface area contributed by atoms with E-state index in [0.717, 1.165) is 66.4 Å². The van der Waals surface area contributed by atoms with Gasteiger partial charge < -0.3 is 9.47 Å². The molecule has 4 nitrogen and oxygen atoms in total. The Morgan fingerprint density at radius 2 is 0.497 bits per heavy atom. The molecule has 0 spiro atoms. The molecule has 1 heterocycles. The number of ketones is 2. The van der Waals surface area contributed by atoms with Crippen molar-refractivity contribution >= 4 is 113 Å². The van der Waals surface area contributed by atoms with Gasteiger partial charge in [-0.05, 0) is 366 Å². The zero-order chi connectivity index (χ0) is 98.8. The maximum Gasteiger partial charge on any atom is 0.417 e. The molecule has 16 heteroatoms. The summed E-state index contributed by atoms with van der Waals surface area (Å²) in [4.78, 5) is 50.1. The van der Waals surface area contributed by atoms with Crippen LogP contribution in [0.3, 0.4) is 0 Å². The Morgan fingerprint density at radius 1 is 0.245 bits per heavy atom. The van der Waals surface area contributed by atoms with Crippen molar-refractivity contribution in [1.29, 1.82) is 0 Å². The van der Waals surface area contributed by atoms with Crippen molar-refractivity contribution in [3.8, 4) is 23.0 Å². The van der Waals surface area contributed by atoms with Gasteiger partial charge >= 0.3 is 6.18 Å². The summed E-state index contributed by atoms with van der Waals surface area (Å²) in [7, 11) is -0.943. The van der Waals surface area contributed by atoms with Crippen LogP contribution >= 0.6 is 46.6 Å². The number of thiophene rings is 1. The van der Waals surface area contributed by atoms with E-state index < -0.39 is 11.7 Å². The Labute approximate surface area is 868 Å². The van der Waals surface area contributed by atoms with Crippen LogP contribution < -0.4 is 9.47 Å². The number of ether oxygens (including phenoxy) is 2. The number of halogens is 3. The number of benzene rings is 19. The predicted molar refractivity (Wildman–Crippen MR) is 592 cm³/mol. The molecule has 0 fully saturated rings. The minimum absolute atomic E-state index is 0.0379. The van der Waals surface area contributed by atoms with Gasteiger partial charge in [0.15, 0.2) is 79.2 Å². The molecule has 0 saturated heterocycles. The van der Waals surface area contributed by atoms with Crippen LogP contribution in [0.5, 0.6) is 23.0 Å². The van der Waals surface area contributed by atoms with Crippen LogP contribution in [-0.2, 0) is 60.7 Å². The topological polar surface area (TPSA) is 52.6 Å². The van der Waals surface area contributed by atoms with Crippen molar-refractivity contribution in [2.24, 2.45) is 0 Å². The van der Waals surface area contributed by atoms with Gasteiger partial charge in [-0.2, -0.15) is 13.2 Å². The number of hydrogen-bond donors (Lipinski definition) is 0. The first kappa shape index (κ1) is 101. The Kier molecular flexibility index (Phi) is 34.9. The minimum Gasteiger partial charge on any atom is -0.457 e. The average Bonchev–Trinajstić information content (AvgIpc) is 1.30. The van der Waals surface area contributed by atoms with Crippen LogP contribution in [0.2, 0.25) is 0 Å². The molecule has 0 aliphatic heterocycles. The van der Waals surface area contributed by atoms with Gasteiger partial charge in [0.05, 0.1) is 64.9 Å². The lowest BCUT2D eigenvalue weighted by atomic mass is 10.1. The minimum atomic E-state index is -4.37. The third-order valence-corrected chi connectivity index (χ3v) is 38.5. The number of rotatable bonds is 28. The smallest absolute Gasteiger partial charge is 0.417 e. The highest BCUT2D eigenvalue weighted by Gasteiger charge is 2.37. The summed E-state index contributed by atoms with van der Waals surface area (Å²) in [5.74, 6) is 3.15. The van der Waals surface area contributed by atoms with E-state index in [-0.39, 0.29) is 70.9 Å². The predicted octanol–water partition coefficient (Wildman–Crippen LogP) is 36.3. The summed E-state index contributed by atoms with van der Waals surface area (Å²) in [5, 5.41) is 1.91. The second-order valence-corrected chi connectivity index (χ2v) is 47.6. The number of alkyl halides is 3. The van der Waals surface area contributed by atoms with Crippen molar-refractivity contribution in [2.75, 3.05) is 0 Å². The normalized spacial score (nSPS) is 11.1. The zero-order valence-corrected chi connectivity index (χ0v) is 86.8. The van der Waals surface area contributed by atoms with E-state index in [2.05, 4.69) is 386 Å². The van der Waals surface area contributed by atoms with Crippen molar-refractivity contribution in [2.45, 2.75) is 151 Å². The quantitative estimate of drug-likeness (QED) is 0.0358. The molecule has 0 aliphatic rings. The molecule has 19 aromatic carbocycles. The first-order chi connectivity index (χ1) is 69.9. The maximum absolute atomic E-state index is 13.4. The molecule has 0 amide bonds. The molecule has 0 aliphatic carbocycles. The first-order valence-electron chi connectivity index (χ1n) is 46.6. The molecule has 0 saturated carbocycles. The molecule has 143 heavy (non-hydrogen) atoms. The highest BCUT2D eigenvalue weighted by molar-refractivity contribution is 8.00. The Balaban J connectivity index is 0.000000134. The summed E-state index contributed by atoms with van der Waals surface area (Å²) >= 11 is 6.30. The van der Waals surface area contributed by atoms with Gasteiger partial charge in [-0.3, -0.25) is 9.59 Å². The summed E-state index contributed by atoms with van der Waals surface area (Å²) in [6, 6.07) is 172. The second kappa shape index (κ2) is 49.4. The first-order valence-corrected chi connectivity index (χ1v) is 56.0. The van der Waals surface area contributed by atoms with Gasteiger partial charge in [0.2, 0.25) is 5.78 Å². The monoisotopic (exact) mass is 2040 g/mol. The van der Waals surface area contributed by atoms with Crippen molar-refractivity contribution < 1.29 is 32.2 Å². The molecule has 1 aromatic heterocycles. The van der Waals surface area contributed by atoms with Crippen LogP contribution in [0, 0.1) is 34.6 Å². The van der Waals surface area contributed by atoms with Crippen LogP contribution in [0.15, 0.2) is 612 Å². The van der Waals surface area contributed by atoms with Crippen molar-refractivity contribution in [3.05, 3.63) is 558 Å². The fraction of sp³-hybridized carbons (Fsp3) is 0.0551. The van der Waals surface area contributed by atoms with Gasteiger partial charge in [0, 0.05) is 52.6 Å². The lowest BCUT2D eigenvalue weighted by molar-refractivity contribution is -0.139. The summed E-state index contributed by atoms with van der Waals surface area (Å²) < 4.78 is 52.4. The van der Waals surface area contributed by atoms with Crippen LogP contribution in [0.1, 0.15) is 65.9 Å². The largest absolute Gasteiger partial charge is 0.457 e. The lowest BCUT2D eigenvalue weighted by Gasteiger charge is -2.14. The fourth-order valence-corrected chi connectivity index (χ4v) is 30.3. The van der Waals surface area contributed by atoms with E-state index in [0.29, 0.717) is 16.9 Å². The molecular formula is C127H102F3O4S9+5. The van der Waals surface area contributed by atoms with Gasteiger partial charge in [-0.25, -0.2) is 0 Å². The van der Waals surface area contributed by atoms with Crippen LogP contribution in [0.25, 0.3) is 0 Å². The molecule has 20 rings (SSSR count). The number of carbonyl (C=O) groups is 2. The number of carbonyl (C=O) groups excluding carboxylic acids is 2. The average molecular weight is 2040 g/mol. The highest BCUT2D eigenvalue weighted by Crippen LogP contribution is 2.46.